The zero-order chi connectivity index (χ0) is 11.3. The largest absolute Gasteiger partial charge is 0.497 e. The van der Waals surface area contributed by atoms with Gasteiger partial charge < -0.3 is 4.74 Å². The Kier molecular flexibility index (Phi) is 4.09. The first-order valence-electron chi connectivity index (χ1n) is 4.93. The minimum Gasteiger partial charge on any atom is -0.497 e. The van der Waals surface area contributed by atoms with E-state index in [-0.39, 0.29) is 17.4 Å². The minimum absolute atomic E-state index is 0.00842. The molecule has 1 atom stereocenters. The summed E-state index contributed by atoms with van der Waals surface area (Å²) in [6, 6.07) is 7.43. The topological polar surface area (TPSA) is 52.4 Å². The van der Waals surface area contributed by atoms with Crippen LogP contribution in [0.15, 0.2) is 24.3 Å². The summed E-state index contributed by atoms with van der Waals surface area (Å²) in [7, 11) is 1.60. The van der Waals surface area contributed by atoms with E-state index in [1.165, 1.54) is 0 Å². The van der Waals surface area contributed by atoms with Crippen LogP contribution in [0.2, 0.25) is 0 Å². The van der Waals surface area contributed by atoms with E-state index in [1.807, 2.05) is 31.2 Å². The molecule has 0 bridgehead atoms. The second kappa shape index (κ2) is 5.34. The second-order valence-corrected chi connectivity index (χ2v) is 3.39. The van der Waals surface area contributed by atoms with Crippen LogP contribution in [0.4, 0.5) is 0 Å². The molecule has 0 saturated heterocycles. The molecule has 0 unspecified atom stereocenters. The summed E-state index contributed by atoms with van der Waals surface area (Å²) in [5.74, 6) is 0.764. The fourth-order valence-electron chi connectivity index (χ4n) is 1.53. The third-order valence-electron chi connectivity index (χ3n) is 2.45. The number of nitrogens with zero attached hydrogens (tertiary/aromatic N) is 1. The fraction of sp³-hybridized carbons (Fsp3) is 0.455. The monoisotopic (exact) mass is 209 g/mol. The average Bonchev–Trinajstić information content (AvgIpc) is 2.26. The molecule has 1 aromatic rings. The molecule has 0 heterocycles. The van der Waals surface area contributed by atoms with Crippen molar-refractivity contribution >= 4 is 0 Å². The maximum atomic E-state index is 10.4. The predicted molar refractivity (Wildman–Crippen MR) is 57.9 cm³/mol. The molecule has 0 N–H and O–H groups in total. The van der Waals surface area contributed by atoms with E-state index in [2.05, 4.69) is 0 Å². The van der Waals surface area contributed by atoms with Crippen LogP contribution in [0.25, 0.3) is 0 Å². The summed E-state index contributed by atoms with van der Waals surface area (Å²) in [5.41, 5.74) is 0.995. The first kappa shape index (κ1) is 11.5. The highest BCUT2D eigenvalue weighted by Gasteiger charge is 2.15. The molecular weight excluding hydrogens is 194 g/mol. The van der Waals surface area contributed by atoms with Gasteiger partial charge in [-0.05, 0) is 24.1 Å². The van der Waals surface area contributed by atoms with Gasteiger partial charge in [0.05, 0.1) is 7.11 Å². The van der Waals surface area contributed by atoms with Crippen molar-refractivity contribution in [2.75, 3.05) is 13.7 Å². The van der Waals surface area contributed by atoms with Crippen LogP contribution in [0.5, 0.6) is 5.75 Å². The van der Waals surface area contributed by atoms with E-state index in [0.29, 0.717) is 0 Å². The summed E-state index contributed by atoms with van der Waals surface area (Å²) >= 11 is 0. The Morgan fingerprint density at radius 2 is 2.00 bits per heavy atom. The molecule has 1 rings (SSSR count). The number of hydrogen-bond acceptors (Lipinski definition) is 3. The Labute approximate surface area is 89.0 Å². The lowest BCUT2D eigenvalue weighted by molar-refractivity contribution is -0.483. The SMILES string of the molecule is CC[C@H](C[N+](=O)[O-])c1ccc(OC)cc1. The molecular formula is C11H15NO3. The van der Waals surface area contributed by atoms with Gasteiger partial charge in [0.2, 0.25) is 6.54 Å². The number of nitro groups is 1. The van der Waals surface area contributed by atoms with E-state index in [9.17, 15) is 10.1 Å². The molecule has 4 heteroatoms. The number of rotatable bonds is 5. The fourth-order valence-corrected chi connectivity index (χ4v) is 1.53. The highest BCUT2D eigenvalue weighted by atomic mass is 16.6. The highest BCUT2D eigenvalue weighted by Crippen LogP contribution is 2.22. The lowest BCUT2D eigenvalue weighted by Gasteiger charge is -2.10. The van der Waals surface area contributed by atoms with Gasteiger partial charge in [-0.15, -0.1) is 0 Å². The molecule has 1 aromatic carbocycles. The minimum atomic E-state index is -0.265. The molecule has 82 valence electrons. The lowest BCUT2D eigenvalue weighted by Crippen LogP contribution is -2.11. The normalized spacial score (nSPS) is 12.1. The van der Waals surface area contributed by atoms with E-state index in [0.717, 1.165) is 17.7 Å². The van der Waals surface area contributed by atoms with E-state index < -0.39 is 0 Å². The van der Waals surface area contributed by atoms with Gasteiger partial charge in [-0.25, -0.2) is 0 Å². The summed E-state index contributed by atoms with van der Waals surface area (Å²) in [6.45, 7) is 1.95. The van der Waals surface area contributed by atoms with Crippen LogP contribution in [0.1, 0.15) is 24.8 Å². The molecule has 0 aliphatic carbocycles. The van der Waals surface area contributed by atoms with Gasteiger partial charge in [0.25, 0.3) is 0 Å². The van der Waals surface area contributed by atoms with Crippen molar-refractivity contribution in [2.45, 2.75) is 19.3 Å². The Hall–Kier alpha value is -1.58. The van der Waals surface area contributed by atoms with Gasteiger partial charge in [0.15, 0.2) is 0 Å². The smallest absolute Gasteiger partial charge is 0.210 e. The number of hydrogen-bond donors (Lipinski definition) is 0. The number of benzene rings is 1. The van der Waals surface area contributed by atoms with Gasteiger partial charge in [0, 0.05) is 10.8 Å². The number of ether oxygens (including phenoxy) is 1. The summed E-state index contributed by atoms with van der Waals surface area (Å²) in [6.07, 6.45) is 0.771. The van der Waals surface area contributed by atoms with Gasteiger partial charge in [-0.3, -0.25) is 10.1 Å². The third-order valence-corrected chi connectivity index (χ3v) is 2.45. The van der Waals surface area contributed by atoms with Crippen LogP contribution in [-0.2, 0) is 0 Å². The van der Waals surface area contributed by atoms with E-state index >= 15 is 0 Å². The average molecular weight is 209 g/mol. The van der Waals surface area contributed by atoms with Gasteiger partial charge in [-0.2, -0.15) is 0 Å². The van der Waals surface area contributed by atoms with Crippen LogP contribution in [0, 0.1) is 10.1 Å². The van der Waals surface area contributed by atoms with Crippen molar-refractivity contribution in [2.24, 2.45) is 0 Å². The Balaban J connectivity index is 2.78. The zero-order valence-corrected chi connectivity index (χ0v) is 8.97. The molecule has 0 fully saturated rings. The van der Waals surface area contributed by atoms with E-state index in [1.54, 1.807) is 7.11 Å². The summed E-state index contributed by atoms with van der Waals surface area (Å²) in [5, 5.41) is 10.4. The van der Waals surface area contributed by atoms with Gasteiger partial charge in [0.1, 0.15) is 5.75 Å². The Bertz CT molecular complexity index is 321. The van der Waals surface area contributed by atoms with Crippen LogP contribution < -0.4 is 4.74 Å². The zero-order valence-electron chi connectivity index (χ0n) is 8.97. The van der Waals surface area contributed by atoms with Crippen LogP contribution in [0.3, 0.4) is 0 Å². The Morgan fingerprint density at radius 3 is 2.40 bits per heavy atom. The Morgan fingerprint density at radius 1 is 1.40 bits per heavy atom. The second-order valence-electron chi connectivity index (χ2n) is 3.39. The third kappa shape index (κ3) is 3.23. The van der Waals surface area contributed by atoms with Gasteiger partial charge in [-0.1, -0.05) is 19.1 Å². The molecule has 0 aliphatic rings. The molecule has 15 heavy (non-hydrogen) atoms. The first-order valence-corrected chi connectivity index (χ1v) is 4.93. The van der Waals surface area contributed by atoms with Crippen molar-refractivity contribution < 1.29 is 9.66 Å². The molecule has 0 aromatic heterocycles. The maximum Gasteiger partial charge on any atom is 0.210 e. The molecule has 0 radical (unpaired) electrons. The molecule has 4 nitrogen and oxygen atoms in total. The summed E-state index contributed by atoms with van der Waals surface area (Å²) < 4.78 is 5.03. The predicted octanol–water partition coefficient (Wildman–Crippen LogP) is 2.47. The van der Waals surface area contributed by atoms with Crippen molar-refractivity contribution in [1.82, 2.24) is 0 Å². The maximum absolute atomic E-state index is 10.4. The van der Waals surface area contributed by atoms with Crippen molar-refractivity contribution in [3.05, 3.63) is 39.9 Å². The van der Waals surface area contributed by atoms with Crippen molar-refractivity contribution in [1.29, 1.82) is 0 Å². The first-order chi connectivity index (χ1) is 7.17. The van der Waals surface area contributed by atoms with Crippen LogP contribution in [-0.4, -0.2) is 18.6 Å². The van der Waals surface area contributed by atoms with E-state index in [4.69, 9.17) is 4.74 Å². The van der Waals surface area contributed by atoms with Crippen molar-refractivity contribution in [3.8, 4) is 5.75 Å². The quantitative estimate of drug-likeness (QED) is 0.553. The highest BCUT2D eigenvalue weighted by molar-refractivity contribution is 5.29. The van der Waals surface area contributed by atoms with Gasteiger partial charge >= 0.3 is 0 Å². The summed E-state index contributed by atoms with van der Waals surface area (Å²) in [4.78, 5) is 10.2. The van der Waals surface area contributed by atoms with Crippen molar-refractivity contribution in [3.63, 3.8) is 0 Å². The number of methoxy groups -OCH3 is 1. The molecule has 0 amide bonds. The lowest BCUT2D eigenvalue weighted by atomic mass is 9.97. The molecule has 0 saturated carbocycles. The molecule has 0 spiro atoms. The van der Waals surface area contributed by atoms with Crippen LogP contribution >= 0.6 is 0 Å². The standard InChI is InChI=1S/C11H15NO3/c1-3-9(8-12(13)14)10-4-6-11(15-2)7-5-10/h4-7,9H,3,8H2,1-2H3/t9-/m1/s1. The molecule has 0 aliphatic heterocycles.